The SMILES string of the molecule is CC/C(=C(\c1ccc(OCCCC2OCCO2)cc1)c1ccc(OC2CCCCO2)cc1)c1ccccc1. The van der Waals surface area contributed by atoms with Gasteiger partial charge in [0.05, 0.1) is 26.4 Å². The van der Waals surface area contributed by atoms with Gasteiger partial charge in [0.15, 0.2) is 12.6 Å². The second-order valence-electron chi connectivity index (χ2n) is 9.70. The van der Waals surface area contributed by atoms with Gasteiger partial charge in [0.2, 0.25) is 0 Å². The van der Waals surface area contributed by atoms with Gasteiger partial charge >= 0.3 is 0 Å². The molecule has 0 saturated carbocycles. The van der Waals surface area contributed by atoms with Crippen LogP contribution in [0.5, 0.6) is 11.5 Å². The highest BCUT2D eigenvalue weighted by molar-refractivity contribution is 5.98. The van der Waals surface area contributed by atoms with Gasteiger partial charge in [-0.2, -0.15) is 0 Å². The summed E-state index contributed by atoms with van der Waals surface area (Å²) in [4.78, 5) is 0. The second-order valence-corrected chi connectivity index (χ2v) is 9.70. The highest BCUT2D eigenvalue weighted by Crippen LogP contribution is 2.36. The van der Waals surface area contributed by atoms with Crippen molar-refractivity contribution < 1.29 is 23.7 Å². The minimum atomic E-state index is -0.147. The largest absolute Gasteiger partial charge is 0.494 e. The van der Waals surface area contributed by atoms with E-state index in [0.29, 0.717) is 19.8 Å². The van der Waals surface area contributed by atoms with Crippen molar-refractivity contribution >= 4 is 11.1 Å². The van der Waals surface area contributed by atoms with Crippen LogP contribution in [-0.4, -0.2) is 39.0 Å². The van der Waals surface area contributed by atoms with Crippen molar-refractivity contribution in [1.29, 1.82) is 0 Å². The summed E-state index contributed by atoms with van der Waals surface area (Å²) in [6, 6.07) is 27.5. The molecule has 2 aliphatic heterocycles. The maximum absolute atomic E-state index is 6.09. The summed E-state index contributed by atoms with van der Waals surface area (Å²) >= 11 is 0. The average Bonchev–Trinajstić information content (AvgIpc) is 3.50. The van der Waals surface area contributed by atoms with Gasteiger partial charge in [-0.15, -0.1) is 0 Å². The molecular formula is C33H38O5. The second kappa shape index (κ2) is 13.6. The molecule has 5 heteroatoms. The fourth-order valence-electron chi connectivity index (χ4n) is 5.07. The van der Waals surface area contributed by atoms with Crippen LogP contribution in [0.4, 0.5) is 0 Å². The predicted octanol–water partition coefficient (Wildman–Crippen LogP) is 7.49. The average molecular weight is 515 g/mol. The van der Waals surface area contributed by atoms with Gasteiger partial charge in [0.1, 0.15) is 11.5 Å². The summed E-state index contributed by atoms with van der Waals surface area (Å²) in [6.07, 6.45) is 5.64. The Bertz CT molecular complexity index is 1140. The maximum Gasteiger partial charge on any atom is 0.199 e. The van der Waals surface area contributed by atoms with Crippen LogP contribution in [0.15, 0.2) is 78.9 Å². The molecule has 0 N–H and O–H groups in total. The molecule has 1 atom stereocenters. The van der Waals surface area contributed by atoms with Gasteiger partial charge < -0.3 is 23.7 Å². The van der Waals surface area contributed by atoms with E-state index in [0.717, 1.165) is 67.8 Å². The lowest BCUT2D eigenvalue weighted by molar-refractivity contribution is -0.105. The van der Waals surface area contributed by atoms with Gasteiger partial charge in [-0.1, -0.05) is 61.5 Å². The first-order valence-corrected chi connectivity index (χ1v) is 13.9. The number of hydrogen-bond donors (Lipinski definition) is 0. The lowest BCUT2D eigenvalue weighted by Gasteiger charge is -2.23. The fourth-order valence-corrected chi connectivity index (χ4v) is 5.07. The highest BCUT2D eigenvalue weighted by atomic mass is 16.7. The number of allylic oxidation sites excluding steroid dienone is 1. The minimum Gasteiger partial charge on any atom is -0.494 e. The van der Waals surface area contributed by atoms with Crippen LogP contribution in [0.3, 0.4) is 0 Å². The summed E-state index contributed by atoms with van der Waals surface area (Å²) in [7, 11) is 0. The topological polar surface area (TPSA) is 46.2 Å². The highest BCUT2D eigenvalue weighted by Gasteiger charge is 2.17. The Labute approximate surface area is 226 Å². The smallest absolute Gasteiger partial charge is 0.199 e. The Kier molecular flexibility index (Phi) is 9.48. The zero-order valence-electron chi connectivity index (χ0n) is 22.3. The Morgan fingerprint density at radius 1 is 0.737 bits per heavy atom. The van der Waals surface area contributed by atoms with Crippen molar-refractivity contribution in [2.45, 2.75) is 58.0 Å². The van der Waals surface area contributed by atoms with Gasteiger partial charge in [-0.05, 0) is 77.8 Å². The van der Waals surface area contributed by atoms with Crippen molar-refractivity contribution in [2.24, 2.45) is 0 Å². The molecule has 2 aliphatic rings. The van der Waals surface area contributed by atoms with Crippen LogP contribution in [0.2, 0.25) is 0 Å². The number of benzene rings is 3. The van der Waals surface area contributed by atoms with Crippen LogP contribution >= 0.6 is 0 Å². The van der Waals surface area contributed by atoms with Crippen molar-refractivity contribution in [2.75, 3.05) is 26.4 Å². The first kappa shape index (κ1) is 26.5. The Balaban J connectivity index is 1.35. The van der Waals surface area contributed by atoms with E-state index in [1.54, 1.807) is 0 Å². The third kappa shape index (κ3) is 7.04. The minimum absolute atomic E-state index is 0.0777. The van der Waals surface area contributed by atoms with E-state index < -0.39 is 0 Å². The standard InChI is InChI=1S/C33H38O5/c1-2-30(25-9-4-3-5-10-25)33(27-15-19-29(20-16-27)38-32-11-6-7-21-35-32)26-13-17-28(18-14-26)34-22-8-12-31-36-23-24-37-31/h3-5,9-10,13-20,31-32H,2,6-8,11-12,21-24H2,1H3/b33-30-. The van der Waals surface area contributed by atoms with Crippen LogP contribution in [0, 0.1) is 0 Å². The molecule has 38 heavy (non-hydrogen) atoms. The van der Waals surface area contributed by atoms with Gasteiger partial charge in [0.25, 0.3) is 0 Å². The Hall–Kier alpha value is -3.12. The van der Waals surface area contributed by atoms with Crippen molar-refractivity contribution in [3.8, 4) is 11.5 Å². The lowest BCUT2D eigenvalue weighted by Crippen LogP contribution is -2.24. The molecule has 3 aromatic rings. The van der Waals surface area contributed by atoms with E-state index in [2.05, 4.69) is 85.8 Å². The molecule has 2 saturated heterocycles. The summed E-state index contributed by atoms with van der Waals surface area (Å²) < 4.78 is 28.9. The first-order valence-electron chi connectivity index (χ1n) is 13.9. The molecule has 3 aromatic carbocycles. The van der Waals surface area contributed by atoms with E-state index in [1.165, 1.54) is 16.7 Å². The number of rotatable bonds is 11. The quantitative estimate of drug-likeness (QED) is 0.196. The van der Waals surface area contributed by atoms with E-state index in [-0.39, 0.29) is 12.6 Å². The van der Waals surface area contributed by atoms with Gasteiger partial charge in [0, 0.05) is 12.8 Å². The van der Waals surface area contributed by atoms with E-state index in [4.69, 9.17) is 23.7 Å². The molecule has 200 valence electrons. The normalized spacial score (nSPS) is 18.7. The van der Waals surface area contributed by atoms with Crippen molar-refractivity contribution in [3.63, 3.8) is 0 Å². The molecule has 1 unspecified atom stereocenters. The number of ether oxygens (including phenoxy) is 5. The van der Waals surface area contributed by atoms with E-state index in [1.807, 2.05) is 0 Å². The predicted molar refractivity (Wildman–Crippen MR) is 150 cm³/mol. The molecule has 0 radical (unpaired) electrons. The van der Waals surface area contributed by atoms with Crippen LogP contribution in [-0.2, 0) is 14.2 Å². The summed E-state index contributed by atoms with van der Waals surface area (Å²) in [5.74, 6) is 1.71. The van der Waals surface area contributed by atoms with Crippen LogP contribution < -0.4 is 9.47 Å². The third-order valence-corrected chi connectivity index (χ3v) is 7.01. The molecule has 0 bridgehead atoms. The molecular weight excluding hydrogens is 476 g/mol. The molecule has 2 heterocycles. The zero-order valence-corrected chi connectivity index (χ0v) is 22.3. The Morgan fingerprint density at radius 2 is 1.42 bits per heavy atom. The maximum atomic E-state index is 6.09. The molecule has 5 nitrogen and oxygen atoms in total. The lowest BCUT2D eigenvalue weighted by atomic mass is 9.88. The van der Waals surface area contributed by atoms with Gasteiger partial charge in [-0.25, -0.2) is 0 Å². The summed E-state index contributed by atoms with van der Waals surface area (Å²) in [5, 5.41) is 0. The van der Waals surface area contributed by atoms with E-state index >= 15 is 0 Å². The van der Waals surface area contributed by atoms with E-state index in [9.17, 15) is 0 Å². The zero-order chi connectivity index (χ0) is 26.0. The molecule has 0 aromatic heterocycles. The molecule has 5 rings (SSSR count). The summed E-state index contributed by atoms with van der Waals surface area (Å²) in [6.45, 7) is 5.01. The van der Waals surface area contributed by atoms with Crippen molar-refractivity contribution in [3.05, 3.63) is 95.6 Å². The molecule has 0 amide bonds. The van der Waals surface area contributed by atoms with Crippen LogP contribution in [0.25, 0.3) is 11.1 Å². The molecule has 0 spiro atoms. The monoisotopic (exact) mass is 514 g/mol. The first-order chi connectivity index (χ1) is 18.8. The van der Waals surface area contributed by atoms with Gasteiger partial charge in [-0.3, -0.25) is 0 Å². The molecule has 2 fully saturated rings. The van der Waals surface area contributed by atoms with Crippen molar-refractivity contribution in [1.82, 2.24) is 0 Å². The Morgan fingerprint density at radius 3 is 2.05 bits per heavy atom. The number of hydrogen-bond acceptors (Lipinski definition) is 5. The summed E-state index contributed by atoms with van der Waals surface area (Å²) in [5.41, 5.74) is 6.09. The fraction of sp³-hybridized carbons (Fsp3) is 0.394. The molecule has 0 aliphatic carbocycles. The van der Waals surface area contributed by atoms with Crippen LogP contribution in [0.1, 0.15) is 62.1 Å². The third-order valence-electron chi connectivity index (χ3n) is 7.01.